The first-order valence-corrected chi connectivity index (χ1v) is 7.02. The van der Waals surface area contributed by atoms with Gasteiger partial charge in [-0.05, 0) is 12.8 Å². The summed E-state index contributed by atoms with van der Waals surface area (Å²) in [4.78, 5) is 0. The van der Waals surface area contributed by atoms with Crippen molar-refractivity contribution in [2.75, 3.05) is 0 Å². The van der Waals surface area contributed by atoms with Gasteiger partial charge in [-0.25, -0.2) is 24.6 Å². The van der Waals surface area contributed by atoms with Crippen LogP contribution in [0.15, 0.2) is 0 Å². The molecule has 0 spiro atoms. The van der Waals surface area contributed by atoms with Gasteiger partial charge in [0, 0.05) is 12.1 Å². The third kappa shape index (κ3) is 10.0. The summed E-state index contributed by atoms with van der Waals surface area (Å²) in [5, 5.41) is 0. The zero-order valence-corrected chi connectivity index (χ0v) is 8.10. The molecule has 0 radical (unpaired) electrons. The second kappa shape index (κ2) is 4.31. The van der Waals surface area contributed by atoms with Crippen molar-refractivity contribution in [2.24, 2.45) is 0 Å². The van der Waals surface area contributed by atoms with Crippen LogP contribution in [0.2, 0.25) is 12.1 Å². The molecule has 0 fully saturated rings. The first-order valence-electron chi connectivity index (χ1n) is 3.34. The minimum atomic E-state index is -5.61. The van der Waals surface area contributed by atoms with Crippen molar-refractivity contribution in [1.82, 2.24) is 0 Å². The highest BCUT2D eigenvalue weighted by Crippen LogP contribution is 2.23. The molecule has 8 heteroatoms. The number of rotatable bonds is 5. The second-order valence-electron chi connectivity index (χ2n) is 2.44. The molecule has 0 N–H and O–H groups in total. The Bertz CT molecular complexity index is 110. The van der Waals surface area contributed by atoms with Gasteiger partial charge in [0.1, 0.15) is 0 Å². The molecule has 0 aliphatic rings. The molecular formula is C4H8F6Si2. The molecule has 0 rings (SSSR count). The molecule has 0 saturated carbocycles. The van der Waals surface area contributed by atoms with Crippen molar-refractivity contribution in [3.05, 3.63) is 0 Å². The lowest BCUT2D eigenvalue weighted by atomic mass is 10.4. The zero-order chi connectivity index (χ0) is 9.83. The predicted molar refractivity (Wildman–Crippen MR) is 37.0 cm³/mol. The van der Waals surface area contributed by atoms with Gasteiger partial charge in [-0.1, -0.05) is 0 Å². The Kier molecular flexibility index (Phi) is 4.31. The Morgan fingerprint density at radius 3 is 1.00 bits per heavy atom. The van der Waals surface area contributed by atoms with Crippen molar-refractivity contribution in [1.29, 1.82) is 0 Å². The van der Waals surface area contributed by atoms with Crippen molar-refractivity contribution in [3.8, 4) is 0 Å². The molecule has 0 aromatic heterocycles. The van der Waals surface area contributed by atoms with E-state index in [0.717, 1.165) is 0 Å². The first-order chi connectivity index (χ1) is 5.21. The molecule has 0 aliphatic carbocycles. The molecule has 12 heavy (non-hydrogen) atoms. The minimum absolute atomic E-state index is 0.359. The van der Waals surface area contributed by atoms with E-state index in [2.05, 4.69) is 0 Å². The van der Waals surface area contributed by atoms with E-state index in [-0.39, 0.29) is 12.8 Å². The molecule has 0 unspecified atom stereocenters. The normalized spacial score (nSPS) is 13.5. The van der Waals surface area contributed by atoms with Crippen LogP contribution in [-0.4, -0.2) is 18.2 Å². The summed E-state index contributed by atoms with van der Waals surface area (Å²) >= 11 is 0. The lowest BCUT2D eigenvalue weighted by Crippen LogP contribution is -2.16. The van der Waals surface area contributed by atoms with Crippen LogP contribution in [0.4, 0.5) is 24.6 Å². The molecule has 0 amide bonds. The van der Waals surface area contributed by atoms with Gasteiger partial charge in [-0.2, -0.15) is 0 Å². The van der Waals surface area contributed by atoms with Crippen LogP contribution in [0, 0.1) is 0 Å². The molecule has 0 aromatic rings. The maximum atomic E-state index is 11.5. The Morgan fingerprint density at radius 2 is 0.833 bits per heavy atom. The van der Waals surface area contributed by atoms with Crippen LogP contribution >= 0.6 is 0 Å². The van der Waals surface area contributed by atoms with Crippen LogP contribution in [0.3, 0.4) is 0 Å². The van der Waals surface area contributed by atoms with E-state index in [9.17, 15) is 24.6 Å². The lowest BCUT2D eigenvalue weighted by molar-refractivity contribution is 0.447. The molecule has 0 heterocycles. The quantitative estimate of drug-likeness (QED) is 0.291. The highest BCUT2D eigenvalue weighted by Gasteiger charge is 2.38. The van der Waals surface area contributed by atoms with Crippen LogP contribution in [0.5, 0.6) is 0 Å². The number of hydrogen-bond donors (Lipinski definition) is 0. The molecule has 0 aromatic carbocycles. The lowest BCUT2D eigenvalue weighted by Gasteiger charge is -2.03. The Labute approximate surface area is 68.6 Å². The Morgan fingerprint density at radius 1 is 0.583 bits per heavy atom. The third-order valence-corrected chi connectivity index (χ3v) is 3.01. The Hall–Kier alpha value is 0.0138. The van der Waals surface area contributed by atoms with E-state index in [1.807, 2.05) is 0 Å². The fraction of sp³-hybridized carbons (Fsp3) is 1.00. The summed E-state index contributed by atoms with van der Waals surface area (Å²) in [6.45, 7) is 0. The van der Waals surface area contributed by atoms with Gasteiger partial charge in [0.05, 0.1) is 0 Å². The van der Waals surface area contributed by atoms with E-state index < -0.39 is 30.2 Å². The molecule has 0 aliphatic heterocycles. The standard InChI is InChI=1S/C4H8F6Si2/c5-11(6,7)3-1-2-4-12(8,9)10/h1-4H2. The van der Waals surface area contributed by atoms with Crippen LogP contribution in [0.25, 0.3) is 0 Å². The summed E-state index contributed by atoms with van der Waals surface area (Å²) in [6.07, 6.45) is -0.718. The van der Waals surface area contributed by atoms with Gasteiger partial charge in [0.15, 0.2) is 0 Å². The van der Waals surface area contributed by atoms with Crippen LogP contribution in [0.1, 0.15) is 12.8 Å². The summed E-state index contributed by atoms with van der Waals surface area (Å²) < 4.78 is 69.3. The average Bonchev–Trinajstić information content (AvgIpc) is 1.76. The highest BCUT2D eigenvalue weighted by molar-refractivity contribution is 6.59. The maximum absolute atomic E-state index is 11.5. The van der Waals surface area contributed by atoms with Gasteiger partial charge in [-0.15, -0.1) is 0 Å². The summed E-state index contributed by atoms with van der Waals surface area (Å²) in [7, 11) is -11.2. The molecule has 0 saturated heterocycles. The first kappa shape index (κ1) is 12.0. The van der Waals surface area contributed by atoms with Gasteiger partial charge >= 0.3 is 18.2 Å². The van der Waals surface area contributed by atoms with Crippen molar-refractivity contribution in [3.63, 3.8) is 0 Å². The molecule has 0 bridgehead atoms. The average molecular weight is 226 g/mol. The van der Waals surface area contributed by atoms with Crippen molar-refractivity contribution < 1.29 is 24.6 Å². The van der Waals surface area contributed by atoms with E-state index >= 15 is 0 Å². The second-order valence-corrected chi connectivity index (χ2v) is 5.90. The molecular weight excluding hydrogens is 218 g/mol. The number of hydrogen-bond acceptors (Lipinski definition) is 0. The smallest absolute Gasteiger partial charge is 0.238 e. The largest absolute Gasteiger partial charge is 0.616 e. The SMILES string of the molecule is F[Si](F)(F)CCCC[Si](F)(F)F. The number of unbranched alkanes of at least 4 members (excludes halogenated alkanes) is 1. The van der Waals surface area contributed by atoms with E-state index in [1.165, 1.54) is 0 Å². The summed E-state index contributed by atoms with van der Waals surface area (Å²) in [5.74, 6) is 0. The van der Waals surface area contributed by atoms with Gasteiger partial charge in [-0.3, -0.25) is 0 Å². The topological polar surface area (TPSA) is 0 Å². The fourth-order valence-electron chi connectivity index (χ4n) is 0.651. The molecule has 74 valence electrons. The van der Waals surface area contributed by atoms with Crippen LogP contribution < -0.4 is 0 Å². The van der Waals surface area contributed by atoms with Crippen LogP contribution in [-0.2, 0) is 0 Å². The van der Waals surface area contributed by atoms with Gasteiger partial charge < -0.3 is 0 Å². The van der Waals surface area contributed by atoms with E-state index in [1.54, 1.807) is 0 Å². The Balaban J connectivity index is 3.35. The predicted octanol–water partition coefficient (Wildman–Crippen LogP) is 3.46. The van der Waals surface area contributed by atoms with Crippen molar-refractivity contribution in [2.45, 2.75) is 24.9 Å². The van der Waals surface area contributed by atoms with Crippen molar-refractivity contribution >= 4 is 18.2 Å². The fourth-order valence-corrected chi connectivity index (χ4v) is 1.95. The third-order valence-electron chi connectivity index (χ3n) is 1.17. The molecule has 0 nitrogen and oxygen atoms in total. The zero-order valence-electron chi connectivity index (χ0n) is 6.10. The van der Waals surface area contributed by atoms with Gasteiger partial charge in [0.2, 0.25) is 0 Å². The highest BCUT2D eigenvalue weighted by atomic mass is 28.5. The summed E-state index contributed by atoms with van der Waals surface area (Å²) in [5.41, 5.74) is 0. The maximum Gasteiger partial charge on any atom is 0.616 e. The number of halogens is 6. The summed E-state index contributed by atoms with van der Waals surface area (Å²) in [6, 6.07) is -1.95. The minimum Gasteiger partial charge on any atom is -0.238 e. The van der Waals surface area contributed by atoms with E-state index in [0.29, 0.717) is 0 Å². The molecule has 0 atom stereocenters. The van der Waals surface area contributed by atoms with Gasteiger partial charge in [0.25, 0.3) is 0 Å². The monoisotopic (exact) mass is 226 g/mol. The van der Waals surface area contributed by atoms with E-state index in [4.69, 9.17) is 0 Å².